The molecule has 1 saturated carbocycles. The van der Waals surface area contributed by atoms with Gasteiger partial charge in [0, 0.05) is 12.1 Å². The minimum atomic E-state index is 0.723. The van der Waals surface area contributed by atoms with Crippen LogP contribution in [0.25, 0.3) is 0 Å². The Morgan fingerprint density at radius 3 is 1.94 bits per heavy atom. The topological polar surface area (TPSA) is 12.0 Å². The van der Waals surface area contributed by atoms with Crippen molar-refractivity contribution < 1.29 is 0 Å². The highest BCUT2D eigenvalue weighted by Crippen LogP contribution is 2.30. The summed E-state index contributed by atoms with van der Waals surface area (Å²) >= 11 is 0. The van der Waals surface area contributed by atoms with Crippen molar-refractivity contribution in [1.29, 1.82) is 0 Å². The lowest BCUT2D eigenvalue weighted by Gasteiger charge is -2.34. The van der Waals surface area contributed by atoms with Crippen molar-refractivity contribution in [2.24, 2.45) is 17.8 Å². The van der Waals surface area contributed by atoms with E-state index in [1.54, 1.807) is 0 Å². The molecular formula is C15H31N. The molecule has 1 rings (SSSR count). The minimum absolute atomic E-state index is 0.723. The lowest BCUT2D eigenvalue weighted by atomic mass is 9.79. The van der Waals surface area contributed by atoms with Gasteiger partial charge in [-0.05, 0) is 49.9 Å². The quantitative estimate of drug-likeness (QED) is 0.738. The van der Waals surface area contributed by atoms with Crippen LogP contribution in [-0.2, 0) is 0 Å². The summed E-state index contributed by atoms with van der Waals surface area (Å²) in [5.74, 6) is 2.64. The summed E-state index contributed by atoms with van der Waals surface area (Å²) in [5, 5.41) is 3.86. The molecule has 1 unspecified atom stereocenters. The van der Waals surface area contributed by atoms with Crippen LogP contribution in [0.4, 0.5) is 0 Å². The van der Waals surface area contributed by atoms with Gasteiger partial charge in [0.1, 0.15) is 0 Å². The van der Waals surface area contributed by atoms with E-state index in [2.05, 4.69) is 39.9 Å². The van der Waals surface area contributed by atoms with Crippen LogP contribution in [-0.4, -0.2) is 12.1 Å². The third kappa shape index (κ3) is 4.08. The van der Waals surface area contributed by atoms with E-state index in [1.165, 1.54) is 32.1 Å². The Bertz CT molecular complexity index is 178. The van der Waals surface area contributed by atoms with Gasteiger partial charge in [0.15, 0.2) is 0 Å². The molecule has 1 fully saturated rings. The first-order valence-corrected chi connectivity index (χ1v) is 7.30. The summed E-state index contributed by atoms with van der Waals surface area (Å²) in [4.78, 5) is 0. The molecule has 1 aliphatic rings. The van der Waals surface area contributed by atoms with Crippen LogP contribution in [0.1, 0.15) is 66.7 Å². The van der Waals surface area contributed by atoms with Crippen molar-refractivity contribution in [2.75, 3.05) is 0 Å². The maximum absolute atomic E-state index is 3.86. The maximum atomic E-state index is 3.86. The summed E-state index contributed by atoms with van der Waals surface area (Å²) < 4.78 is 0. The molecular weight excluding hydrogens is 194 g/mol. The molecule has 1 heteroatoms. The largest absolute Gasteiger partial charge is 0.311 e. The van der Waals surface area contributed by atoms with E-state index in [1.807, 2.05) is 0 Å². The van der Waals surface area contributed by atoms with Crippen molar-refractivity contribution >= 4 is 0 Å². The third-order valence-corrected chi connectivity index (χ3v) is 4.41. The monoisotopic (exact) mass is 225 g/mol. The van der Waals surface area contributed by atoms with Gasteiger partial charge in [0.2, 0.25) is 0 Å². The SMILES string of the molecule is CCC(NC1CCC(C(C)C)CC1)C(C)C. The van der Waals surface area contributed by atoms with Crippen molar-refractivity contribution in [3.63, 3.8) is 0 Å². The van der Waals surface area contributed by atoms with Gasteiger partial charge in [-0.25, -0.2) is 0 Å². The highest BCUT2D eigenvalue weighted by Gasteiger charge is 2.24. The summed E-state index contributed by atoms with van der Waals surface area (Å²) in [7, 11) is 0. The second-order valence-electron chi connectivity index (χ2n) is 6.28. The Kier molecular flexibility index (Phi) is 5.82. The smallest absolute Gasteiger partial charge is 0.00900 e. The molecule has 16 heavy (non-hydrogen) atoms. The van der Waals surface area contributed by atoms with Gasteiger partial charge in [0.05, 0.1) is 0 Å². The Morgan fingerprint density at radius 2 is 1.56 bits per heavy atom. The van der Waals surface area contributed by atoms with Gasteiger partial charge in [-0.15, -0.1) is 0 Å². The number of hydrogen-bond acceptors (Lipinski definition) is 1. The fourth-order valence-electron chi connectivity index (χ4n) is 3.04. The number of nitrogens with one attached hydrogen (secondary N) is 1. The van der Waals surface area contributed by atoms with E-state index >= 15 is 0 Å². The van der Waals surface area contributed by atoms with Crippen molar-refractivity contribution in [1.82, 2.24) is 5.32 Å². The predicted octanol–water partition coefficient (Wildman–Crippen LogP) is 4.23. The minimum Gasteiger partial charge on any atom is -0.311 e. The Balaban J connectivity index is 2.31. The van der Waals surface area contributed by atoms with Gasteiger partial charge in [0.25, 0.3) is 0 Å². The van der Waals surface area contributed by atoms with Crippen LogP contribution < -0.4 is 5.32 Å². The highest BCUT2D eigenvalue weighted by molar-refractivity contribution is 4.82. The van der Waals surface area contributed by atoms with Gasteiger partial charge >= 0.3 is 0 Å². The molecule has 0 heterocycles. The first kappa shape index (κ1) is 14.0. The van der Waals surface area contributed by atoms with Crippen LogP contribution in [0.2, 0.25) is 0 Å². The molecule has 0 bridgehead atoms. The first-order chi connectivity index (χ1) is 7.54. The predicted molar refractivity (Wildman–Crippen MR) is 72.6 cm³/mol. The van der Waals surface area contributed by atoms with E-state index in [9.17, 15) is 0 Å². The fourth-order valence-corrected chi connectivity index (χ4v) is 3.04. The van der Waals surface area contributed by atoms with Gasteiger partial charge in [-0.3, -0.25) is 0 Å². The molecule has 0 aliphatic heterocycles. The summed E-state index contributed by atoms with van der Waals surface area (Å²) in [6.07, 6.45) is 6.92. The molecule has 0 aromatic carbocycles. The van der Waals surface area contributed by atoms with Crippen LogP contribution in [0.3, 0.4) is 0 Å². The van der Waals surface area contributed by atoms with Crippen LogP contribution in [0, 0.1) is 17.8 Å². The standard InChI is InChI=1S/C15H31N/c1-6-15(12(4)5)16-14-9-7-13(8-10-14)11(2)3/h11-16H,6-10H2,1-5H3. The summed E-state index contributed by atoms with van der Waals surface area (Å²) in [5.41, 5.74) is 0. The van der Waals surface area contributed by atoms with Crippen LogP contribution in [0.5, 0.6) is 0 Å². The van der Waals surface area contributed by atoms with Crippen LogP contribution >= 0.6 is 0 Å². The van der Waals surface area contributed by atoms with E-state index in [0.29, 0.717) is 0 Å². The molecule has 96 valence electrons. The lowest BCUT2D eigenvalue weighted by Crippen LogP contribution is -2.43. The second-order valence-corrected chi connectivity index (χ2v) is 6.28. The molecule has 0 aromatic heterocycles. The van der Waals surface area contributed by atoms with E-state index < -0.39 is 0 Å². The van der Waals surface area contributed by atoms with Crippen molar-refractivity contribution in [2.45, 2.75) is 78.8 Å². The molecule has 0 spiro atoms. The van der Waals surface area contributed by atoms with E-state index in [0.717, 1.165) is 29.8 Å². The third-order valence-electron chi connectivity index (χ3n) is 4.41. The zero-order valence-electron chi connectivity index (χ0n) is 11.9. The molecule has 1 nitrogen and oxygen atoms in total. The normalized spacial score (nSPS) is 28.7. The maximum Gasteiger partial charge on any atom is 0.00900 e. The van der Waals surface area contributed by atoms with E-state index in [4.69, 9.17) is 0 Å². The average molecular weight is 225 g/mol. The molecule has 0 saturated heterocycles. The Hall–Kier alpha value is -0.0400. The molecule has 0 aromatic rings. The molecule has 1 N–H and O–H groups in total. The zero-order chi connectivity index (χ0) is 12.1. The van der Waals surface area contributed by atoms with E-state index in [-0.39, 0.29) is 0 Å². The molecule has 1 atom stereocenters. The Labute approximate surface area is 102 Å². The van der Waals surface area contributed by atoms with Crippen molar-refractivity contribution in [3.05, 3.63) is 0 Å². The zero-order valence-corrected chi connectivity index (χ0v) is 11.9. The Morgan fingerprint density at radius 1 is 1.00 bits per heavy atom. The van der Waals surface area contributed by atoms with Gasteiger partial charge in [-0.2, -0.15) is 0 Å². The summed E-state index contributed by atoms with van der Waals surface area (Å²) in [6.45, 7) is 11.7. The van der Waals surface area contributed by atoms with Gasteiger partial charge < -0.3 is 5.32 Å². The van der Waals surface area contributed by atoms with Gasteiger partial charge in [-0.1, -0.05) is 34.6 Å². The average Bonchev–Trinajstić information content (AvgIpc) is 2.26. The highest BCUT2D eigenvalue weighted by atomic mass is 15.0. The second kappa shape index (κ2) is 6.64. The number of rotatable bonds is 5. The van der Waals surface area contributed by atoms with Crippen molar-refractivity contribution in [3.8, 4) is 0 Å². The molecule has 1 aliphatic carbocycles. The lowest BCUT2D eigenvalue weighted by molar-refractivity contribution is 0.216. The number of hydrogen-bond donors (Lipinski definition) is 1. The van der Waals surface area contributed by atoms with Crippen LogP contribution in [0.15, 0.2) is 0 Å². The fraction of sp³-hybridized carbons (Fsp3) is 1.00. The molecule has 0 amide bonds. The summed E-state index contributed by atoms with van der Waals surface area (Å²) in [6, 6.07) is 1.52. The first-order valence-electron chi connectivity index (χ1n) is 7.30. The molecule has 0 radical (unpaired) electrons.